The van der Waals surface area contributed by atoms with Gasteiger partial charge in [-0.15, -0.1) is 0 Å². The van der Waals surface area contributed by atoms with E-state index in [-0.39, 0.29) is 12.2 Å². The maximum atomic E-state index is 12.7. The fraction of sp³-hybridized carbons (Fsp3) is 0.125. The molecular formula is C24H19BrN2O4. The monoisotopic (exact) mass is 478 g/mol. The highest BCUT2D eigenvalue weighted by atomic mass is 79.9. The van der Waals surface area contributed by atoms with Crippen molar-refractivity contribution in [2.24, 2.45) is 0 Å². The van der Waals surface area contributed by atoms with Gasteiger partial charge in [0.05, 0.1) is 5.69 Å². The number of carbonyl (C=O) groups is 1. The minimum absolute atomic E-state index is 0.114. The maximum absolute atomic E-state index is 12.7. The summed E-state index contributed by atoms with van der Waals surface area (Å²) in [5.41, 5.74) is 2.83. The third kappa shape index (κ3) is 4.67. The molecule has 2 aromatic heterocycles. The first-order valence-electron chi connectivity index (χ1n) is 9.63. The number of esters is 1. The number of rotatable bonds is 6. The van der Waals surface area contributed by atoms with Gasteiger partial charge in [0.15, 0.2) is 0 Å². The van der Waals surface area contributed by atoms with Crippen LogP contribution in [0.3, 0.4) is 0 Å². The lowest BCUT2D eigenvalue weighted by Crippen LogP contribution is -2.17. The molecule has 0 aliphatic carbocycles. The van der Waals surface area contributed by atoms with Gasteiger partial charge in [-0.25, -0.2) is 9.78 Å². The molecular weight excluding hydrogens is 460 g/mol. The van der Waals surface area contributed by atoms with Gasteiger partial charge in [0.25, 0.3) is 5.56 Å². The molecule has 0 unspecified atom stereocenters. The van der Waals surface area contributed by atoms with Crippen molar-refractivity contribution >= 4 is 27.5 Å². The van der Waals surface area contributed by atoms with Crippen molar-refractivity contribution in [2.45, 2.75) is 20.1 Å². The number of ether oxygens (including phenoxy) is 2. The Morgan fingerprint density at radius 3 is 2.65 bits per heavy atom. The normalized spacial score (nSPS) is 10.8. The van der Waals surface area contributed by atoms with Gasteiger partial charge in [0.2, 0.25) is 0 Å². The van der Waals surface area contributed by atoms with Gasteiger partial charge in [-0.05, 0) is 36.8 Å². The summed E-state index contributed by atoms with van der Waals surface area (Å²) in [5, 5.41) is 0. The number of nitrogens with zero attached hydrogens (tertiary/aromatic N) is 2. The highest BCUT2D eigenvalue weighted by Gasteiger charge is 2.15. The summed E-state index contributed by atoms with van der Waals surface area (Å²) in [6, 6.07) is 19.6. The first-order chi connectivity index (χ1) is 15.0. The molecule has 0 atom stereocenters. The fourth-order valence-electron chi connectivity index (χ4n) is 3.13. The van der Waals surface area contributed by atoms with Crippen LogP contribution in [0.5, 0.6) is 5.75 Å². The molecule has 2 heterocycles. The molecule has 0 fully saturated rings. The van der Waals surface area contributed by atoms with Gasteiger partial charge in [-0.2, -0.15) is 0 Å². The van der Waals surface area contributed by atoms with Crippen LogP contribution in [0.4, 0.5) is 0 Å². The van der Waals surface area contributed by atoms with Crippen molar-refractivity contribution < 1.29 is 14.3 Å². The molecule has 0 spiro atoms. The number of aryl methyl sites for hydroxylation is 1. The van der Waals surface area contributed by atoms with E-state index in [1.54, 1.807) is 36.5 Å². The fourth-order valence-corrected chi connectivity index (χ4v) is 3.53. The summed E-state index contributed by atoms with van der Waals surface area (Å²) in [4.78, 5) is 29.5. The van der Waals surface area contributed by atoms with E-state index in [4.69, 9.17) is 9.47 Å². The van der Waals surface area contributed by atoms with Crippen LogP contribution in [-0.2, 0) is 18.0 Å². The number of halogens is 1. The predicted octanol–water partition coefficient (Wildman–Crippen LogP) is 4.70. The SMILES string of the molecule is Cc1cccn2c(=O)cc(COC(=O)c3ccccc3OCc3ccccc3Br)nc12. The highest BCUT2D eigenvalue weighted by Crippen LogP contribution is 2.23. The molecule has 0 aliphatic rings. The number of carbonyl (C=O) groups excluding carboxylic acids is 1. The van der Waals surface area contributed by atoms with Crippen molar-refractivity contribution in [2.75, 3.05) is 0 Å². The topological polar surface area (TPSA) is 69.9 Å². The minimum atomic E-state index is -0.547. The second-order valence-electron chi connectivity index (χ2n) is 6.92. The summed E-state index contributed by atoms with van der Waals surface area (Å²) in [7, 11) is 0. The molecule has 0 amide bonds. The van der Waals surface area contributed by atoms with E-state index in [0.29, 0.717) is 29.3 Å². The zero-order valence-corrected chi connectivity index (χ0v) is 18.3. The van der Waals surface area contributed by atoms with Gasteiger partial charge in [0.1, 0.15) is 30.2 Å². The summed E-state index contributed by atoms with van der Waals surface area (Å²) in [6.07, 6.45) is 1.66. The van der Waals surface area contributed by atoms with E-state index in [0.717, 1.165) is 15.6 Å². The van der Waals surface area contributed by atoms with Crippen molar-refractivity contribution in [3.05, 3.63) is 110 Å². The number of hydrogen-bond acceptors (Lipinski definition) is 5. The van der Waals surface area contributed by atoms with Gasteiger partial charge < -0.3 is 9.47 Å². The summed E-state index contributed by atoms with van der Waals surface area (Å²) in [5.74, 6) is -0.125. The largest absolute Gasteiger partial charge is 0.488 e. The van der Waals surface area contributed by atoms with Gasteiger partial charge >= 0.3 is 5.97 Å². The molecule has 7 heteroatoms. The predicted molar refractivity (Wildman–Crippen MR) is 120 cm³/mol. The number of hydrogen-bond donors (Lipinski definition) is 0. The summed E-state index contributed by atoms with van der Waals surface area (Å²) >= 11 is 3.49. The van der Waals surface area contributed by atoms with Crippen LogP contribution in [0, 0.1) is 6.92 Å². The Morgan fingerprint density at radius 1 is 1.03 bits per heavy atom. The van der Waals surface area contributed by atoms with Gasteiger partial charge in [-0.1, -0.05) is 52.3 Å². The van der Waals surface area contributed by atoms with E-state index in [9.17, 15) is 9.59 Å². The molecule has 156 valence electrons. The number of benzene rings is 2. The highest BCUT2D eigenvalue weighted by molar-refractivity contribution is 9.10. The van der Waals surface area contributed by atoms with E-state index in [1.807, 2.05) is 37.3 Å². The Kier molecular flexibility index (Phi) is 6.13. The Morgan fingerprint density at radius 2 is 1.81 bits per heavy atom. The van der Waals surface area contributed by atoms with Crippen LogP contribution in [0.15, 0.2) is 82.2 Å². The smallest absolute Gasteiger partial charge is 0.342 e. The number of aromatic nitrogens is 2. The Bertz CT molecular complexity index is 1320. The average Bonchev–Trinajstić information content (AvgIpc) is 2.78. The zero-order valence-electron chi connectivity index (χ0n) is 16.7. The van der Waals surface area contributed by atoms with Crippen molar-refractivity contribution in [1.29, 1.82) is 0 Å². The Hall–Kier alpha value is -3.45. The molecule has 4 aromatic rings. The van der Waals surface area contributed by atoms with Crippen LogP contribution in [0.25, 0.3) is 5.65 Å². The third-order valence-corrected chi connectivity index (χ3v) is 5.51. The third-order valence-electron chi connectivity index (χ3n) is 4.74. The van der Waals surface area contributed by atoms with E-state index in [2.05, 4.69) is 20.9 Å². The second-order valence-corrected chi connectivity index (χ2v) is 7.78. The molecule has 0 bridgehead atoms. The molecule has 0 saturated heterocycles. The van der Waals surface area contributed by atoms with Crippen LogP contribution in [0.1, 0.15) is 27.2 Å². The lowest BCUT2D eigenvalue weighted by atomic mass is 10.2. The lowest BCUT2D eigenvalue weighted by Gasteiger charge is -2.12. The number of pyridine rings is 1. The van der Waals surface area contributed by atoms with Crippen molar-refractivity contribution in [3.8, 4) is 5.75 Å². The van der Waals surface area contributed by atoms with E-state index >= 15 is 0 Å². The molecule has 31 heavy (non-hydrogen) atoms. The molecule has 6 nitrogen and oxygen atoms in total. The minimum Gasteiger partial charge on any atom is -0.488 e. The first kappa shape index (κ1) is 20.8. The standard InChI is InChI=1S/C24H19BrN2O4/c1-16-7-6-12-27-22(28)13-18(26-23(16)27)15-31-24(29)19-9-3-5-11-21(19)30-14-17-8-2-4-10-20(17)25/h2-13H,14-15H2,1H3. The number of fused-ring (bicyclic) bond motifs is 1. The quantitative estimate of drug-likeness (QED) is 0.375. The second kappa shape index (κ2) is 9.14. The van der Waals surface area contributed by atoms with Crippen LogP contribution in [0.2, 0.25) is 0 Å². The van der Waals surface area contributed by atoms with Crippen molar-refractivity contribution in [1.82, 2.24) is 9.38 Å². The molecule has 0 aliphatic heterocycles. The molecule has 0 N–H and O–H groups in total. The zero-order chi connectivity index (χ0) is 21.8. The average molecular weight is 479 g/mol. The van der Waals surface area contributed by atoms with Crippen LogP contribution < -0.4 is 10.3 Å². The molecule has 4 rings (SSSR count). The Labute approximate surface area is 187 Å². The molecule has 2 aromatic carbocycles. The van der Waals surface area contributed by atoms with Crippen LogP contribution >= 0.6 is 15.9 Å². The van der Waals surface area contributed by atoms with E-state index < -0.39 is 5.97 Å². The van der Waals surface area contributed by atoms with Crippen LogP contribution in [-0.4, -0.2) is 15.4 Å². The number of para-hydroxylation sites is 1. The lowest BCUT2D eigenvalue weighted by molar-refractivity contribution is 0.0462. The first-order valence-corrected chi connectivity index (χ1v) is 10.4. The van der Waals surface area contributed by atoms with Gasteiger partial charge in [-0.3, -0.25) is 9.20 Å². The molecule has 0 saturated carbocycles. The summed E-state index contributed by atoms with van der Waals surface area (Å²) < 4.78 is 13.7. The van der Waals surface area contributed by atoms with E-state index in [1.165, 1.54) is 10.5 Å². The Balaban J connectivity index is 1.49. The maximum Gasteiger partial charge on any atom is 0.342 e. The van der Waals surface area contributed by atoms with Gasteiger partial charge in [0, 0.05) is 22.3 Å². The summed E-state index contributed by atoms with van der Waals surface area (Å²) in [6.45, 7) is 2.06. The van der Waals surface area contributed by atoms with Crippen molar-refractivity contribution in [3.63, 3.8) is 0 Å². The molecule has 0 radical (unpaired) electrons.